The van der Waals surface area contributed by atoms with Crippen molar-refractivity contribution in [3.8, 4) is 0 Å². The molecule has 0 aromatic heterocycles. The molecule has 1 nitrogen and oxygen atoms in total. The molecule has 0 amide bonds. The van der Waals surface area contributed by atoms with E-state index in [4.69, 9.17) is 0 Å². The van der Waals surface area contributed by atoms with E-state index in [1.807, 2.05) is 0 Å². The average molecular weight is 483 g/mol. The van der Waals surface area contributed by atoms with Gasteiger partial charge in [-0.1, -0.05) is 88.7 Å². The van der Waals surface area contributed by atoms with E-state index in [0.717, 1.165) is 24.2 Å². The molecule has 35 heavy (non-hydrogen) atoms. The van der Waals surface area contributed by atoms with Crippen LogP contribution in [0, 0.1) is 68.5 Å². The molecule has 0 aromatic rings. The van der Waals surface area contributed by atoms with E-state index >= 15 is 0 Å². The Morgan fingerprint density at radius 1 is 0.914 bits per heavy atom. The Morgan fingerprint density at radius 3 is 2.14 bits per heavy atom. The van der Waals surface area contributed by atoms with E-state index in [9.17, 15) is 4.79 Å². The van der Waals surface area contributed by atoms with Gasteiger partial charge in [0.2, 0.25) is 0 Å². The largest absolute Gasteiger partial charge is 0.295 e. The van der Waals surface area contributed by atoms with Gasteiger partial charge in [-0.25, -0.2) is 0 Å². The van der Waals surface area contributed by atoms with Crippen molar-refractivity contribution in [3.63, 3.8) is 0 Å². The van der Waals surface area contributed by atoms with Gasteiger partial charge in [-0.05, 0) is 114 Å². The van der Waals surface area contributed by atoms with Crippen LogP contribution in [0.5, 0.6) is 0 Å². The summed E-state index contributed by atoms with van der Waals surface area (Å²) in [5.41, 5.74) is 2.87. The molecule has 4 aliphatic carbocycles. The lowest BCUT2D eigenvalue weighted by Gasteiger charge is -2.62. The Morgan fingerprint density at radius 2 is 1.54 bits per heavy atom. The molecule has 0 radical (unpaired) electrons. The number of hydrogen-bond acceptors (Lipinski definition) is 1. The summed E-state index contributed by atoms with van der Waals surface area (Å²) in [6, 6.07) is 0. The minimum atomic E-state index is 0.167. The average Bonchev–Trinajstić information content (AvgIpc) is 3.01. The fourth-order valence-electron chi connectivity index (χ4n) is 9.99. The van der Waals surface area contributed by atoms with Crippen LogP contribution in [-0.2, 0) is 4.79 Å². The molecule has 0 aliphatic heterocycles. The molecule has 4 aliphatic rings. The van der Waals surface area contributed by atoms with Crippen molar-refractivity contribution in [2.24, 2.45) is 68.5 Å². The van der Waals surface area contributed by atoms with E-state index < -0.39 is 0 Å². The van der Waals surface area contributed by atoms with Crippen molar-refractivity contribution in [1.29, 1.82) is 0 Å². The molecule has 0 bridgehead atoms. The Balaban J connectivity index is 1.67. The topological polar surface area (TPSA) is 17.1 Å². The van der Waals surface area contributed by atoms with E-state index in [-0.39, 0.29) is 22.2 Å². The number of carbonyl (C=O) groups is 1. The Bertz CT molecular complexity index is 872. The van der Waals surface area contributed by atoms with Gasteiger partial charge >= 0.3 is 0 Å². The number of hydrogen-bond donors (Lipinski definition) is 0. The zero-order chi connectivity index (χ0) is 26.4. The molecule has 3 fully saturated rings. The van der Waals surface area contributed by atoms with Crippen molar-refractivity contribution in [3.05, 3.63) is 11.6 Å². The van der Waals surface area contributed by atoms with Gasteiger partial charge in [0.15, 0.2) is 5.78 Å². The van der Waals surface area contributed by atoms with Crippen LogP contribution in [0.2, 0.25) is 0 Å². The standard InChI is InChI=1S/C34H58O/c1-21-17-27-28(35)19-26-25(32(27,10)20-22(21)2)13-15-34(12)29(14-16-33(26,34)11)31(8,9)24(4)18-23(3)30(5,6)7/h19,21-25,27,29H,13-18,20H2,1-12H3/t21-,22+,23-,24-,25?,27+,29-,32-,33+,34-/m1/s1. The number of rotatable bonds is 4. The first-order valence-electron chi connectivity index (χ1n) is 15.2. The molecular weight excluding hydrogens is 424 g/mol. The number of allylic oxidation sites excluding steroid dienone is 2. The zero-order valence-corrected chi connectivity index (χ0v) is 25.5. The van der Waals surface area contributed by atoms with E-state index in [1.165, 1.54) is 38.5 Å². The molecule has 1 unspecified atom stereocenters. The van der Waals surface area contributed by atoms with Crippen LogP contribution in [0.4, 0.5) is 0 Å². The molecule has 0 saturated heterocycles. The van der Waals surface area contributed by atoms with Crippen LogP contribution >= 0.6 is 0 Å². The summed E-state index contributed by atoms with van der Waals surface area (Å²) in [6.07, 6.45) is 11.1. The molecule has 0 heterocycles. The van der Waals surface area contributed by atoms with Gasteiger partial charge in [0, 0.05) is 5.92 Å². The van der Waals surface area contributed by atoms with Gasteiger partial charge in [-0.2, -0.15) is 0 Å². The molecule has 3 saturated carbocycles. The second-order valence-corrected chi connectivity index (χ2v) is 16.6. The van der Waals surface area contributed by atoms with E-state index in [0.29, 0.717) is 34.4 Å². The summed E-state index contributed by atoms with van der Waals surface area (Å²) >= 11 is 0. The van der Waals surface area contributed by atoms with Gasteiger partial charge in [0.25, 0.3) is 0 Å². The molecule has 10 atom stereocenters. The molecule has 200 valence electrons. The highest BCUT2D eigenvalue weighted by atomic mass is 16.1. The highest BCUT2D eigenvalue weighted by Gasteiger charge is 2.66. The molecule has 1 heteroatoms. The molecular formula is C34H58O. The van der Waals surface area contributed by atoms with E-state index in [2.05, 4.69) is 89.2 Å². The Kier molecular flexibility index (Phi) is 6.63. The van der Waals surface area contributed by atoms with Gasteiger partial charge in [-0.15, -0.1) is 0 Å². The van der Waals surface area contributed by atoms with Gasteiger partial charge < -0.3 is 0 Å². The van der Waals surface area contributed by atoms with E-state index in [1.54, 1.807) is 5.57 Å². The summed E-state index contributed by atoms with van der Waals surface area (Å²) in [5.74, 6) is 4.87. The summed E-state index contributed by atoms with van der Waals surface area (Å²) in [5, 5.41) is 0. The minimum absolute atomic E-state index is 0.167. The van der Waals surface area contributed by atoms with Crippen molar-refractivity contribution in [2.45, 2.75) is 128 Å². The maximum absolute atomic E-state index is 13.7. The highest BCUT2D eigenvalue weighted by Crippen LogP contribution is 2.74. The first kappa shape index (κ1) is 27.4. The summed E-state index contributed by atoms with van der Waals surface area (Å²) in [7, 11) is 0. The van der Waals surface area contributed by atoms with Crippen LogP contribution in [0.1, 0.15) is 128 Å². The predicted octanol–water partition coefficient (Wildman–Crippen LogP) is 9.75. The Labute approximate surface area is 218 Å². The molecule has 0 spiro atoms. The van der Waals surface area contributed by atoms with Crippen molar-refractivity contribution in [1.82, 2.24) is 0 Å². The normalized spacial score (nSPS) is 45.8. The SMILES string of the molecule is C[C@@H]1C[C@H]2C(=O)C=C3C(CC[C@]4(C)[C@@H](C(C)(C)[C@H](C)C[C@@H](C)C(C)(C)C)CC[C@@]34C)[C@@]2(C)C[C@@H]1C. The zero-order valence-electron chi connectivity index (χ0n) is 25.5. The smallest absolute Gasteiger partial charge is 0.159 e. The van der Waals surface area contributed by atoms with Crippen molar-refractivity contribution < 1.29 is 4.79 Å². The molecule has 0 N–H and O–H groups in total. The minimum Gasteiger partial charge on any atom is -0.295 e. The van der Waals surface area contributed by atoms with Crippen LogP contribution in [0.3, 0.4) is 0 Å². The van der Waals surface area contributed by atoms with Crippen LogP contribution < -0.4 is 0 Å². The number of fused-ring (bicyclic) bond motifs is 5. The maximum atomic E-state index is 13.7. The second-order valence-electron chi connectivity index (χ2n) is 16.6. The fourth-order valence-corrected chi connectivity index (χ4v) is 9.99. The quantitative estimate of drug-likeness (QED) is 0.389. The highest BCUT2D eigenvalue weighted by molar-refractivity contribution is 5.94. The van der Waals surface area contributed by atoms with Crippen molar-refractivity contribution in [2.75, 3.05) is 0 Å². The van der Waals surface area contributed by atoms with Crippen molar-refractivity contribution >= 4 is 5.78 Å². The first-order chi connectivity index (χ1) is 15.9. The van der Waals surface area contributed by atoms with Crippen LogP contribution in [0.25, 0.3) is 0 Å². The molecule has 0 aromatic carbocycles. The molecule has 4 rings (SSSR count). The van der Waals surface area contributed by atoms with Gasteiger partial charge in [-0.3, -0.25) is 4.79 Å². The Hall–Kier alpha value is -0.590. The lowest BCUT2D eigenvalue weighted by Crippen LogP contribution is -2.56. The monoisotopic (exact) mass is 482 g/mol. The first-order valence-corrected chi connectivity index (χ1v) is 15.2. The third-order valence-corrected chi connectivity index (χ3v) is 13.9. The van der Waals surface area contributed by atoms with Crippen LogP contribution in [0.15, 0.2) is 11.6 Å². The summed E-state index contributed by atoms with van der Waals surface area (Å²) in [4.78, 5) is 13.7. The summed E-state index contributed by atoms with van der Waals surface area (Å²) < 4.78 is 0. The third-order valence-electron chi connectivity index (χ3n) is 13.9. The third kappa shape index (κ3) is 3.94. The lowest BCUT2D eigenvalue weighted by molar-refractivity contribution is -0.134. The van der Waals surface area contributed by atoms with Gasteiger partial charge in [0.05, 0.1) is 0 Å². The lowest BCUT2D eigenvalue weighted by atomic mass is 9.41. The predicted molar refractivity (Wildman–Crippen MR) is 150 cm³/mol. The van der Waals surface area contributed by atoms with Crippen LogP contribution in [-0.4, -0.2) is 5.78 Å². The van der Waals surface area contributed by atoms with Gasteiger partial charge in [0.1, 0.15) is 0 Å². The number of ketones is 1. The second kappa shape index (κ2) is 8.46. The number of carbonyl (C=O) groups excluding carboxylic acids is 1. The maximum Gasteiger partial charge on any atom is 0.159 e. The summed E-state index contributed by atoms with van der Waals surface area (Å²) in [6.45, 7) is 29.9. The fraction of sp³-hybridized carbons (Fsp3) is 0.912.